The van der Waals surface area contributed by atoms with Crippen LogP contribution in [0, 0.1) is 0 Å². The highest BCUT2D eigenvalue weighted by atomic mass is 19.4. The molecule has 0 N–H and O–H groups in total. The van der Waals surface area contributed by atoms with E-state index in [1.54, 1.807) is 0 Å². The Hall–Kier alpha value is -1.60. The van der Waals surface area contributed by atoms with Crippen molar-refractivity contribution < 1.29 is 36.6 Å². The number of alkyl halides is 4. The monoisotopic (exact) mass is 286 g/mol. The summed E-state index contributed by atoms with van der Waals surface area (Å²) < 4.78 is 59.0. The number of carbonyl (C=O) groups excluding carboxylic acids is 2. The lowest BCUT2D eigenvalue weighted by molar-refractivity contribution is -0.240. The topological polar surface area (TPSA) is 52.6 Å². The van der Waals surface area contributed by atoms with Gasteiger partial charge in [0.05, 0.1) is 0 Å². The van der Waals surface area contributed by atoms with Crippen LogP contribution in [0.2, 0.25) is 0 Å². The van der Waals surface area contributed by atoms with Crippen molar-refractivity contribution in [3.05, 3.63) is 12.2 Å². The van der Waals surface area contributed by atoms with Gasteiger partial charge in [-0.15, -0.1) is 0 Å². The number of rotatable bonds is 6. The summed E-state index contributed by atoms with van der Waals surface area (Å²) in [5.41, 5.74) is -3.97. The summed E-state index contributed by atoms with van der Waals surface area (Å²) in [7, 11) is 0. The van der Waals surface area contributed by atoms with E-state index in [0.29, 0.717) is 0 Å². The van der Waals surface area contributed by atoms with Gasteiger partial charge in [0.25, 0.3) is 0 Å². The SMILES string of the molecule is C=C(C)C(=O)OCCOC(=O)C(F)(CC)C(F)(F)F. The molecule has 1 unspecified atom stereocenters. The molecule has 0 fully saturated rings. The quantitative estimate of drug-likeness (QED) is 0.325. The molecule has 0 radical (unpaired) electrons. The normalized spacial score (nSPS) is 14.4. The van der Waals surface area contributed by atoms with Crippen LogP contribution >= 0.6 is 0 Å². The molecule has 0 aromatic carbocycles. The molecule has 0 rings (SSSR count). The highest BCUT2D eigenvalue weighted by Crippen LogP contribution is 2.37. The van der Waals surface area contributed by atoms with Crippen LogP contribution in [0.25, 0.3) is 0 Å². The smallest absolute Gasteiger partial charge is 0.433 e. The van der Waals surface area contributed by atoms with Crippen molar-refractivity contribution in [2.45, 2.75) is 32.1 Å². The first-order chi connectivity index (χ1) is 8.56. The van der Waals surface area contributed by atoms with Gasteiger partial charge in [0.1, 0.15) is 13.2 Å². The van der Waals surface area contributed by atoms with E-state index in [4.69, 9.17) is 0 Å². The summed E-state index contributed by atoms with van der Waals surface area (Å²) in [6, 6.07) is 0. The number of ether oxygens (including phenoxy) is 2. The number of hydrogen-bond donors (Lipinski definition) is 0. The average molecular weight is 286 g/mol. The van der Waals surface area contributed by atoms with E-state index in [1.165, 1.54) is 6.92 Å². The zero-order chi connectivity index (χ0) is 15.3. The molecule has 0 saturated carbocycles. The maximum absolute atomic E-state index is 13.4. The molecule has 19 heavy (non-hydrogen) atoms. The van der Waals surface area contributed by atoms with E-state index in [1.807, 2.05) is 0 Å². The van der Waals surface area contributed by atoms with Crippen LogP contribution in [0.15, 0.2) is 12.2 Å². The highest BCUT2D eigenvalue weighted by Gasteiger charge is 2.61. The summed E-state index contributed by atoms with van der Waals surface area (Å²) in [5, 5.41) is 0. The van der Waals surface area contributed by atoms with Crippen LogP contribution < -0.4 is 0 Å². The van der Waals surface area contributed by atoms with Crippen LogP contribution in [0.1, 0.15) is 20.3 Å². The van der Waals surface area contributed by atoms with Crippen molar-refractivity contribution >= 4 is 11.9 Å². The molecular formula is C11H14F4O4. The first-order valence-electron chi connectivity index (χ1n) is 5.31. The number of carbonyl (C=O) groups is 2. The second-order valence-electron chi connectivity index (χ2n) is 3.70. The van der Waals surface area contributed by atoms with Crippen molar-refractivity contribution in [3.8, 4) is 0 Å². The van der Waals surface area contributed by atoms with E-state index < -0.39 is 43.4 Å². The molecule has 4 nitrogen and oxygen atoms in total. The maximum Gasteiger partial charge on any atom is 0.433 e. The second kappa shape index (κ2) is 6.53. The molecule has 1 atom stereocenters. The second-order valence-corrected chi connectivity index (χ2v) is 3.70. The van der Waals surface area contributed by atoms with Crippen LogP contribution in [-0.2, 0) is 19.1 Å². The van der Waals surface area contributed by atoms with Gasteiger partial charge in [-0.25, -0.2) is 14.0 Å². The number of halogens is 4. The van der Waals surface area contributed by atoms with E-state index in [9.17, 15) is 27.2 Å². The third kappa shape index (κ3) is 4.53. The minimum absolute atomic E-state index is 0.0787. The van der Waals surface area contributed by atoms with Gasteiger partial charge in [0.15, 0.2) is 0 Å². The molecule has 0 aromatic heterocycles. The lowest BCUT2D eigenvalue weighted by Gasteiger charge is -2.24. The number of esters is 2. The first kappa shape index (κ1) is 17.4. The molecule has 0 aromatic rings. The van der Waals surface area contributed by atoms with Gasteiger partial charge in [-0.1, -0.05) is 13.5 Å². The minimum Gasteiger partial charge on any atom is -0.459 e. The molecule has 0 heterocycles. The van der Waals surface area contributed by atoms with Crippen molar-refractivity contribution in [1.29, 1.82) is 0 Å². The van der Waals surface area contributed by atoms with Crippen LogP contribution in [0.5, 0.6) is 0 Å². The van der Waals surface area contributed by atoms with E-state index >= 15 is 0 Å². The Morgan fingerprint density at radius 2 is 1.58 bits per heavy atom. The van der Waals surface area contributed by atoms with Gasteiger partial charge < -0.3 is 9.47 Å². The Labute approximate surface area is 107 Å². The van der Waals surface area contributed by atoms with Crippen molar-refractivity contribution in [3.63, 3.8) is 0 Å². The molecule has 0 aliphatic carbocycles. The minimum atomic E-state index is -5.35. The van der Waals surface area contributed by atoms with Gasteiger partial charge in [0, 0.05) is 5.57 Å². The van der Waals surface area contributed by atoms with Crippen molar-refractivity contribution in [2.24, 2.45) is 0 Å². The van der Waals surface area contributed by atoms with Crippen LogP contribution in [0.4, 0.5) is 17.6 Å². The summed E-state index contributed by atoms with van der Waals surface area (Å²) in [6.07, 6.45) is -6.45. The fourth-order valence-electron chi connectivity index (χ4n) is 0.967. The predicted octanol–water partition coefficient (Wildman–Crippen LogP) is 2.33. The molecule has 0 spiro atoms. The molecule has 0 aliphatic heterocycles. The third-order valence-electron chi connectivity index (χ3n) is 2.16. The largest absolute Gasteiger partial charge is 0.459 e. The van der Waals surface area contributed by atoms with Crippen LogP contribution in [-0.4, -0.2) is 37.0 Å². The lowest BCUT2D eigenvalue weighted by atomic mass is 10.0. The average Bonchev–Trinajstić information content (AvgIpc) is 2.31. The summed E-state index contributed by atoms with van der Waals surface area (Å²) in [5.74, 6) is -2.83. The zero-order valence-electron chi connectivity index (χ0n) is 10.5. The predicted molar refractivity (Wildman–Crippen MR) is 56.9 cm³/mol. The van der Waals surface area contributed by atoms with Gasteiger partial charge >= 0.3 is 23.8 Å². The Morgan fingerprint density at radius 3 is 1.95 bits per heavy atom. The number of hydrogen-bond acceptors (Lipinski definition) is 4. The molecule has 0 aliphatic rings. The first-order valence-corrected chi connectivity index (χ1v) is 5.31. The third-order valence-corrected chi connectivity index (χ3v) is 2.16. The van der Waals surface area contributed by atoms with E-state index in [-0.39, 0.29) is 5.57 Å². The highest BCUT2D eigenvalue weighted by molar-refractivity contribution is 5.86. The molecule has 8 heteroatoms. The summed E-state index contributed by atoms with van der Waals surface area (Å²) in [4.78, 5) is 21.9. The lowest BCUT2D eigenvalue weighted by Crippen LogP contribution is -2.48. The Morgan fingerprint density at radius 1 is 1.11 bits per heavy atom. The maximum atomic E-state index is 13.4. The van der Waals surface area contributed by atoms with Gasteiger partial charge in [-0.2, -0.15) is 13.2 Å². The Kier molecular flexibility index (Phi) is 5.98. The summed E-state index contributed by atoms with van der Waals surface area (Å²) >= 11 is 0. The molecule has 0 saturated heterocycles. The Bertz CT molecular complexity index is 364. The van der Waals surface area contributed by atoms with Crippen molar-refractivity contribution in [1.82, 2.24) is 0 Å². The fourth-order valence-corrected chi connectivity index (χ4v) is 0.967. The van der Waals surface area contributed by atoms with E-state index in [2.05, 4.69) is 16.1 Å². The standard InChI is InChI=1S/C11H14F4O4/c1-4-10(12,11(13,14)15)9(17)19-6-5-18-8(16)7(2)3/h2,4-6H2,1,3H3. The van der Waals surface area contributed by atoms with Gasteiger partial charge in [0.2, 0.25) is 0 Å². The zero-order valence-corrected chi connectivity index (χ0v) is 10.5. The fraction of sp³-hybridized carbons (Fsp3) is 0.636. The van der Waals surface area contributed by atoms with Gasteiger partial charge in [-0.05, 0) is 13.3 Å². The summed E-state index contributed by atoms with van der Waals surface area (Å²) in [6.45, 7) is 4.35. The molecule has 0 amide bonds. The van der Waals surface area contributed by atoms with Crippen LogP contribution in [0.3, 0.4) is 0 Å². The molecule has 110 valence electrons. The molecule has 0 bridgehead atoms. The molecular weight excluding hydrogens is 272 g/mol. The Balaban J connectivity index is 4.32. The van der Waals surface area contributed by atoms with Crippen molar-refractivity contribution in [2.75, 3.05) is 13.2 Å². The van der Waals surface area contributed by atoms with Gasteiger partial charge in [-0.3, -0.25) is 0 Å². The van der Waals surface area contributed by atoms with E-state index in [0.717, 1.165) is 6.92 Å².